The third-order valence-electron chi connectivity index (χ3n) is 3.88. The smallest absolute Gasteiger partial charge is 0.147 e. The first-order valence-corrected chi connectivity index (χ1v) is 7.61. The summed E-state index contributed by atoms with van der Waals surface area (Å²) in [7, 11) is 0. The van der Waals surface area contributed by atoms with E-state index >= 15 is 0 Å². The van der Waals surface area contributed by atoms with Gasteiger partial charge in [-0.3, -0.25) is 4.98 Å². The zero-order valence-electron chi connectivity index (χ0n) is 11.7. The molecular formula is C14H18N4O2S. The van der Waals surface area contributed by atoms with E-state index in [-0.39, 0.29) is 6.10 Å². The summed E-state index contributed by atoms with van der Waals surface area (Å²) in [5.74, 6) is 0.471. The molecule has 1 saturated heterocycles. The van der Waals surface area contributed by atoms with Gasteiger partial charge in [0.2, 0.25) is 0 Å². The fraction of sp³-hybridized carbons (Fsp3) is 0.429. The van der Waals surface area contributed by atoms with Crippen LogP contribution in [-0.2, 0) is 4.74 Å². The molecule has 2 aromatic rings. The van der Waals surface area contributed by atoms with E-state index in [2.05, 4.69) is 14.7 Å². The Bertz CT molecular complexity index is 619. The molecule has 0 aliphatic carbocycles. The fourth-order valence-corrected chi connectivity index (χ4v) is 3.18. The number of ether oxygens (including phenoxy) is 1. The van der Waals surface area contributed by atoms with Gasteiger partial charge in [0.25, 0.3) is 0 Å². The largest absolute Gasteiger partial charge is 0.385 e. The topological polar surface area (TPSA) is 93.3 Å². The van der Waals surface area contributed by atoms with E-state index in [0.717, 1.165) is 16.1 Å². The first-order valence-electron chi connectivity index (χ1n) is 6.83. The van der Waals surface area contributed by atoms with Gasteiger partial charge in [0.15, 0.2) is 0 Å². The second-order valence-electron chi connectivity index (χ2n) is 5.23. The minimum absolute atomic E-state index is 0.183. The van der Waals surface area contributed by atoms with Crippen LogP contribution in [0, 0.1) is 0 Å². The molecule has 3 rings (SSSR count). The molecule has 4 N–H and O–H groups in total. The number of nitrogens with two attached hydrogens (primary N) is 1. The van der Waals surface area contributed by atoms with Gasteiger partial charge in [0.1, 0.15) is 16.4 Å². The van der Waals surface area contributed by atoms with Crippen molar-refractivity contribution in [3.05, 3.63) is 24.5 Å². The second kappa shape index (κ2) is 5.59. The monoisotopic (exact) mass is 306 g/mol. The number of rotatable bonds is 4. The average Bonchev–Trinajstić information content (AvgIpc) is 3.02. The van der Waals surface area contributed by atoms with Crippen LogP contribution in [-0.4, -0.2) is 39.3 Å². The standard InChI is InChI=1S/C14H18N4O2S/c1-9-14(19,4-6-20-9)8-17-13-11(12(15)18-21-13)10-3-2-5-16-7-10/h2-3,5,7,9,17,19H,4,6,8H2,1H3,(H2,15,18). The molecule has 0 spiro atoms. The molecule has 7 heteroatoms. The molecule has 1 aliphatic heterocycles. The second-order valence-corrected chi connectivity index (χ2v) is 6.01. The minimum Gasteiger partial charge on any atom is -0.385 e. The van der Waals surface area contributed by atoms with E-state index in [9.17, 15) is 5.11 Å². The van der Waals surface area contributed by atoms with Crippen molar-refractivity contribution < 1.29 is 9.84 Å². The number of hydrogen-bond acceptors (Lipinski definition) is 7. The zero-order chi connectivity index (χ0) is 14.9. The normalized spacial score (nSPS) is 25.1. The van der Waals surface area contributed by atoms with E-state index in [4.69, 9.17) is 10.5 Å². The molecule has 21 heavy (non-hydrogen) atoms. The van der Waals surface area contributed by atoms with E-state index in [1.165, 1.54) is 11.5 Å². The lowest BCUT2D eigenvalue weighted by Gasteiger charge is -2.26. The van der Waals surface area contributed by atoms with Gasteiger partial charge in [-0.25, -0.2) is 0 Å². The number of nitrogens with one attached hydrogen (secondary N) is 1. The maximum Gasteiger partial charge on any atom is 0.147 e. The average molecular weight is 306 g/mol. The molecule has 0 saturated carbocycles. The first-order chi connectivity index (χ1) is 10.1. The summed E-state index contributed by atoms with van der Waals surface area (Å²) in [6, 6.07) is 3.80. The molecule has 112 valence electrons. The number of nitrogen functional groups attached to an aromatic ring is 1. The van der Waals surface area contributed by atoms with Gasteiger partial charge in [-0.2, -0.15) is 4.37 Å². The van der Waals surface area contributed by atoms with Crippen molar-refractivity contribution in [2.24, 2.45) is 0 Å². The molecule has 2 aromatic heterocycles. The summed E-state index contributed by atoms with van der Waals surface area (Å²) in [5, 5.41) is 14.6. The van der Waals surface area contributed by atoms with Crippen molar-refractivity contribution in [3.63, 3.8) is 0 Å². The number of anilines is 2. The van der Waals surface area contributed by atoms with E-state index < -0.39 is 5.60 Å². The Morgan fingerprint density at radius 3 is 3.14 bits per heavy atom. The van der Waals surface area contributed by atoms with Crippen molar-refractivity contribution in [1.29, 1.82) is 0 Å². The van der Waals surface area contributed by atoms with Gasteiger partial charge >= 0.3 is 0 Å². The first kappa shape index (κ1) is 14.2. The van der Waals surface area contributed by atoms with E-state index in [0.29, 0.717) is 25.4 Å². The number of aliphatic hydroxyl groups is 1. The molecule has 0 bridgehead atoms. The van der Waals surface area contributed by atoms with E-state index in [1.54, 1.807) is 12.4 Å². The number of pyridine rings is 1. The highest BCUT2D eigenvalue weighted by Gasteiger charge is 2.39. The molecule has 3 heterocycles. The van der Waals surface area contributed by atoms with Gasteiger partial charge in [-0.05, 0) is 24.5 Å². The third-order valence-corrected chi connectivity index (χ3v) is 4.70. The lowest BCUT2D eigenvalue weighted by atomic mass is 9.97. The fourth-order valence-electron chi connectivity index (χ4n) is 2.45. The van der Waals surface area contributed by atoms with Gasteiger partial charge < -0.3 is 20.9 Å². The van der Waals surface area contributed by atoms with Crippen molar-refractivity contribution in [3.8, 4) is 11.1 Å². The Balaban J connectivity index is 1.81. The van der Waals surface area contributed by atoms with Crippen LogP contribution in [0.5, 0.6) is 0 Å². The highest BCUT2D eigenvalue weighted by molar-refractivity contribution is 7.11. The molecule has 6 nitrogen and oxygen atoms in total. The van der Waals surface area contributed by atoms with Crippen LogP contribution in [0.2, 0.25) is 0 Å². The zero-order valence-corrected chi connectivity index (χ0v) is 12.6. The molecule has 0 aromatic carbocycles. The predicted octanol–water partition coefficient (Wildman–Crippen LogP) is 1.74. The third kappa shape index (κ3) is 2.72. The summed E-state index contributed by atoms with van der Waals surface area (Å²) in [4.78, 5) is 4.11. The van der Waals surface area contributed by atoms with Gasteiger partial charge in [0.05, 0.1) is 11.7 Å². The number of hydrogen-bond donors (Lipinski definition) is 3. The van der Waals surface area contributed by atoms with Crippen molar-refractivity contribution in [1.82, 2.24) is 9.36 Å². The van der Waals surface area contributed by atoms with Crippen molar-refractivity contribution in [2.75, 3.05) is 24.2 Å². The molecule has 2 unspecified atom stereocenters. The maximum atomic E-state index is 10.5. The van der Waals surface area contributed by atoms with E-state index in [1.807, 2.05) is 19.1 Å². The van der Waals surface area contributed by atoms with Crippen molar-refractivity contribution in [2.45, 2.75) is 25.0 Å². The summed E-state index contributed by atoms with van der Waals surface area (Å²) in [5.41, 5.74) is 6.85. The minimum atomic E-state index is -0.856. The SMILES string of the molecule is CC1OCCC1(O)CNc1snc(N)c1-c1cccnc1. The molecule has 0 amide bonds. The van der Waals surface area contributed by atoms with Crippen LogP contribution in [0.3, 0.4) is 0 Å². The Hall–Kier alpha value is -1.70. The van der Waals surface area contributed by atoms with Gasteiger partial charge in [0, 0.05) is 37.5 Å². The molecular weight excluding hydrogens is 288 g/mol. The summed E-state index contributed by atoms with van der Waals surface area (Å²) < 4.78 is 9.64. The lowest BCUT2D eigenvalue weighted by molar-refractivity contribution is -0.0175. The predicted molar refractivity (Wildman–Crippen MR) is 83.2 cm³/mol. The van der Waals surface area contributed by atoms with Gasteiger partial charge in [-0.1, -0.05) is 6.07 Å². The van der Waals surface area contributed by atoms with Crippen molar-refractivity contribution >= 4 is 22.4 Å². The summed E-state index contributed by atoms with van der Waals surface area (Å²) in [6.45, 7) is 2.88. The highest BCUT2D eigenvalue weighted by atomic mass is 32.1. The Kier molecular flexibility index (Phi) is 3.79. The molecule has 1 fully saturated rings. The van der Waals surface area contributed by atoms with Crippen LogP contribution >= 0.6 is 11.5 Å². The molecule has 0 radical (unpaired) electrons. The summed E-state index contributed by atoms with van der Waals surface area (Å²) in [6.07, 6.45) is 3.91. The van der Waals surface area contributed by atoms with Crippen LogP contribution in [0.1, 0.15) is 13.3 Å². The highest BCUT2D eigenvalue weighted by Crippen LogP contribution is 2.37. The van der Waals surface area contributed by atoms with Crippen LogP contribution < -0.4 is 11.1 Å². The quantitative estimate of drug-likeness (QED) is 0.796. The van der Waals surface area contributed by atoms with Crippen LogP contribution in [0.25, 0.3) is 11.1 Å². The Morgan fingerprint density at radius 1 is 1.62 bits per heavy atom. The van der Waals surface area contributed by atoms with Crippen LogP contribution in [0.15, 0.2) is 24.5 Å². The summed E-state index contributed by atoms with van der Waals surface area (Å²) >= 11 is 1.29. The van der Waals surface area contributed by atoms with Gasteiger partial charge in [-0.15, -0.1) is 0 Å². The number of aromatic nitrogens is 2. The molecule has 2 atom stereocenters. The molecule has 1 aliphatic rings. The number of nitrogens with zero attached hydrogens (tertiary/aromatic N) is 2. The maximum absolute atomic E-state index is 10.5. The van der Waals surface area contributed by atoms with Crippen LogP contribution in [0.4, 0.5) is 10.8 Å². The Labute approximate surface area is 127 Å². The lowest BCUT2D eigenvalue weighted by Crippen LogP contribution is -2.42. The Morgan fingerprint density at radius 2 is 2.48 bits per heavy atom.